The smallest absolute Gasteiger partial charge is 0.0417 e. The van der Waals surface area contributed by atoms with Gasteiger partial charge in [0.2, 0.25) is 0 Å². The zero-order valence-electron chi connectivity index (χ0n) is 12.5. The van der Waals surface area contributed by atoms with Gasteiger partial charge in [-0.05, 0) is 42.7 Å². The van der Waals surface area contributed by atoms with Crippen LogP contribution in [0.4, 0.5) is 0 Å². The monoisotopic (exact) mass is 297 g/mol. The fourth-order valence-electron chi connectivity index (χ4n) is 2.90. The van der Waals surface area contributed by atoms with E-state index >= 15 is 0 Å². The molecule has 2 rings (SSSR count). The van der Waals surface area contributed by atoms with Crippen LogP contribution in [0.25, 0.3) is 0 Å². The summed E-state index contributed by atoms with van der Waals surface area (Å²) in [5, 5.41) is 3.70. The third-order valence-corrected chi connectivity index (χ3v) is 6.22. The molecule has 0 fully saturated rings. The van der Waals surface area contributed by atoms with Crippen molar-refractivity contribution >= 4 is 23.1 Å². The van der Waals surface area contributed by atoms with Crippen molar-refractivity contribution in [3.63, 3.8) is 0 Å². The maximum Gasteiger partial charge on any atom is 0.0417 e. The van der Waals surface area contributed by atoms with Crippen molar-refractivity contribution in [3.05, 3.63) is 21.4 Å². The van der Waals surface area contributed by atoms with Crippen molar-refractivity contribution in [1.29, 1.82) is 0 Å². The van der Waals surface area contributed by atoms with Crippen LogP contribution >= 0.6 is 23.1 Å². The van der Waals surface area contributed by atoms with E-state index in [1.54, 1.807) is 15.3 Å². The van der Waals surface area contributed by atoms with Crippen LogP contribution < -0.4 is 5.32 Å². The van der Waals surface area contributed by atoms with E-state index in [-0.39, 0.29) is 0 Å². The maximum atomic E-state index is 3.70. The molecule has 0 aromatic carbocycles. The Morgan fingerprint density at radius 2 is 2.21 bits per heavy atom. The molecule has 0 saturated carbocycles. The second-order valence-electron chi connectivity index (χ2n) is 5.64. The lowest BCUT2D eigenvalue weighted by Crippen LogP contribution is -2.22. The molecule has 1 aliphatic rings. The van der Waals surface area contributed by atoms with E-state index in [0.29, 0.717) is 6.04 Å². The molecule has 0 aliphatic carbocycles. The first-order chi connectivity index (χ1) is 9.24. The molecule has 2 heterocycles. The second-order valence-corrected chi connectivity index (χ2v) is 7.91. The van der Waals surface area contributed by atoms with E-state index in [4.69, 9.17) is 0 Å². The lowest BCUT2D eigenvalue weighted by Gasteiger charge is -2.20. The van der Waals surface area contributed by atoms with Gasteiger partial charge in [-0.3, -0.25) is 0 Å². The standard InChI is InChI=1S/C16H27NS2/c1-4-6-12(3)9-14(17-5-2)16-10-13-11-18-8-7-15(13)19-16/h10,12,14,17H,4-9,11H2,1-3H3. The zero-order valence-corrected chi connectivity index (χ0v) is 14.1. The molecule has 0 bridgehead atoms. The number of thioether (sulfide) groups is 1. The van der Waals surface area contributed by atoms with Crippen LogP contribution in [0.1, 0.15) is 61.4 Å². The first-order valence-corrected chi connectivity index (χ1v) is 9.64. The molecule has 0 radical (unpaired) electrons. The molecule has 1 aromatic heterocycles. The molecular weight excluding hydrogens is 270 g/mol. The van der Waals surface area contributed by atoms with Gasteiger partial charge in [0, 0.05) is 21.5 Å². The third-order valence-electron chi connectivity index (χ3n) is 3.86. The highest BCUT2D eigenvalue weighted by atomic mass is 32.2. The van der Waals surface area contributed by atoms with Crippen LogP contribution in [0.5, 0.6) is 0 Å². The lowest BCUT2D eigenvalue weighted by molar-refractivity contribution is 0.399. The van der Waals surface area contributed by atoms with E-state index in [0.717, 1.165) is 12.5 Å². The van der Waals surface area contributed by atoms with E-state index in [2.05, 4.69) is 55.3 Å². The predicted octanol–water partition coefficient (Wildman–Crippen LogP) is 5.01. The SMILES string of the molecule is CCCC(C)CC(NCC)c1cc2c(s1)CCSC2. The minimum atomic E-state index is 0.576. The van der Waals surface area contributed by atoms with Crippen molar-refractivity contribution < 1.29 is 0 Å². The van der Waals surface area contributed by atoms with Gasteiger partial charge in [-0.15, -0.1) is 11.3 Å². The van der Waals surface area contributed by atoms with Gasteiger partial charge in [0.25, 0.3) is 0 Å². The highest BCUT2D eigenvalue weighted by Gasteiger charge is 2.20. The Balaban J connectivity index is 2.07. The van der Waals surface area contributed by atoms with E-state index in [1.165, 1.54) is 37.2 Å². The molecule has 1 nitrogen and oxygen atoms in total. The molecule has 0 saturated heterocycles. The van der Waals surface area contributed by atoms with E-state index < -0.39 is 0 Å². The number of hydrogen-bond donors (Lipinski definition) is 1. The highest BCUT2D eigenvalue weighted by Crippen LogP contribution is 2.36. The Morgan fingerprint density at radius 1 is 1.37 bits per heavy atom. The lowest BCUT2D eigenvalue weighted by atomic mass is 9.96. The molecule has 0 spiro atoms. The predicted molar refractivity (Wildman–Crippen MR) is 89.3 cm³/mol. The minimum absolute atomic E-state index is 0.576. The summed E-state index contributed by atoms with van der Waals surface area (Å²) in [4.78, 5) is 3.23. The van der Waals surface area contributed by atoms with Gasteiger partial charge in [0.05, 0.1) is 0 Å². The third kappa shape index (κ3) is 4.24. The summed E-state index contributed by atoms with van der Waals surface area (Å²) in [5.41, 5.74) is 1.61. The van der Waals surface area contributed by atoms with Gasteiger partial charge in [-0.1, -0.05) is 33.6 Å². The van der Waals surface area contributed by atoms with Crippen molar-refractivity contribution in [2.75, 3.05) is 12.3 Å². The summed E-state index contributed by atoms with van der Waals surface area (Å²) >= 11 is 4.15. The molecular formula is C16H27NS2. The Labute approximate surface area is 126 Å². The minimum Gasteiger partial charge on any atom is -0.310 e. The van der Waals surface area contributed by atoms with Crippen LogP contribution in [0.2, 0.25) is 0 Å². The highest BCUT2D eigenvalue weighted by molar-refractivity contribution is 7.98. The first kappa shape index (κ1) is 15.4. The Hall–Kier alpha value is 0.01000. The Morgan fingerprint density at radius 3 is 2.89 bits per heavy atom. The van der Waals surface area contributed by atoms with Crippen LogP contribution in [0.15, 0.2) is 6.07 Å². The fraction of sp³-hybridized carbons (Fsp3) is 0.750. The first-order valence-electron chi connectivity index (χ1n) is 7.67. The fourth-order valence-corrected chi connectivity index (χ4v) is 5.37. The summed E-state index contributed by atoms with van der Waals surface area (Å²) < 4.78 is 0. The largest absolute Gasteiger partial charge is 0.310 e. The number of nitrogens with one attached hydrogen (secondary N) is 1. The van der Waals surface area contributed by atoms with Crippen LogP contribution in [-0.2, 0) is 12.2 Å². The Kier molecular flexibility index (Phi) is 6.24. The number of fused-ring (bicyclic) bond motifs is 1. The summed E-state index contributed by atoms with van der Waals surface area (Å²) in [6.45, 7) is 7.98. The Bertz CT molecular complexity index is 363. The molecule has 1 N–H and O–H groups in total. The quantitative estimate of drug-likeness (QED) is 0.759. The second kappa shape index (κ2) is 7.70. The van der Waals surface area contributed by atoms with Crippen molar-refractivity contribution in [2.24, 2.45) is 5.92 Å². The molecule has 19 heavy (non-hydrogen) atoms. The normalized spacial score (nSPS) is 18.1. The van der Waals surface area contributed by atoms with Gasteiger partial charge < -0.3 is 5.32 Å². The van der Waals surface area contributed by atoms with Gasteiger partial charge in [0.1, 0.15) is 0 Å². The molecule has 1 aromatic rings. The molecule has 1 aliphatic heterocycles. The molecule has 2 atom stereocenters. The number of aryl methyl sites for hydroxylation is 1. The summed E-state index contributed by atoms with van der Waals surface area (Å²) in [6.07, 6.45) is 5.22. The van der Waals surface area contributed by atoms with Crippen LogP contribution in [-0.4, -0.2) is 12.3 Å². The molecule has 3 heteroatoms. The average molecular weight is 298 g/mol. The number of rotatable bonds is 7. The van der Waals surface area contributed by atoms with Crippen molar-refractivity contribution in [2.45, 2.75) is 58.2 Å². The maximum absolute atomic E-state index is 3.70. The number of thiophene rings is 1. The zero-order chi connectivity index (χ0) is 13.7. The molecule has 108 valence electrons. The summed E-state index contributed by atoms with van der Waals surface area (Å²) in [5.74, 6) is 3.36. The molecule has 2 unspecified atom stereocenters. The topological polar surface area (TPSA) is 12.0 Å². The van der Waals surface area contributed by atoms with E-state index in [9.17, 15) is 0 Å². The summed E-state index contributed by atoms with van der Waals surface area (Å²) in [6, 6.07) is 3.06. The van der Waals surface area contributed by atoms with Crippen LogP contribution in [0, 0.1) is 5.92 Å². The van der Waals surface area contributed by atoms with Gasteiger partial charge in [-0.25, -0.2) is 0 Å². The summed E-state index contributed by atoms with van der Waals surface area (Å²) in [7, 11) is 0. The van der Waals surface area contributed by atoms with E-state index in [1.807, 2.05) is 0 Å². The van der Waals surface area contributed by atoms with Gasteiger partial charge in [-0.2, -0.15) is 11.8 Å². The van der Waals surface area contributed by atoms with Gasteiger partial charge >= 0.3 is 0 Å². The van der Waals surface area contributed by atoms with Crippen molar-refractivity contribution in [1.82, 2.24) is 5.32 Å². The van der Waals surface area contributed by atoms with Crippen LogP contribution in [0.3, 0.4) is 0 Å². The average Bonchev–Trinajstić information content (AvgIpc) is 2.82. The number of hydrogen-bond acceptors (Lipinski definition) is 3. The van der Waals surface area contributed by atoms with Crippen molar-refractivity contribution in [3.8, 4) is 0 Å². The molecule has 0 amide bonds. The van der Waals surface area contributed by atoms with Gasteiger partial charge in [0.15, 0.2) is 0 Å².